The maximum atomic E-state index is 9.74. The van der Waals surface area contributed by atoms with Crippen LogP contribution in [-0.2, 0) is 4.79 Å². The zero-order valence-electron chi connectivity index (χ0n) is 4.53. The summed E-state index contributed by atoms with van der Waals surface area (Å²) < 4.78 is 0. The molecule has 0 saturated heterocycles. The van der Waals surface area contributed by atoms with Crippen LogP contribution in [0, 0.1) is 5.41 Å². The van der Waals surface area contributed by atoms with Gasteiger partial charge in [-0.2, -0.15) is 0 Å². The van der Waals surface area contributed by atoms with Gasteiger partial charge in [0.25, 0.3) is 0 Å². The minimum absolute atomic E-state index is 0.377. The molecule has 0 aromatic rings. The molecular weight excluding hydrogens is 88.1 g/mol. The van der Waals surface area contributed by atoms with E-state index < -0.39 is 0 Å². The van der Waals surface area contributed by atoms with Crippen LogP contribution in [0.5, 0.6) is 0 Å². The van der Waals surface area contributed by atoms with Gasteiger partial charge in [-0.3, -0.25) is 4.79 Å². The Kier molecular flexibility index (Phi) is 0.911. The molecule has 1 heteroatoms. The van der Waals surface area contributed by atoms with Crippen molar-refractivity contribution in [2.75, 3.05) is 0 Å². The van der Waals surface area contributed by atoms with Crippen molar-refractivity contribution < 1.29 is 4.79 Å². The molecule has 1 radical (unpaired) electrons. The summed E-state index contributed by atoms with van der Waals surface area (Å²) in [6.07, 6.45) is 5.01. The van der Waals surface area contributed by atoms with Crippen molar-refractivity contribution in [1.82, 2.24) is 0 Å². The van der Waals surface area contributed by atoms with E-state index in [1.54, 1.807) is 0 Å². The second kappa shape index (κ2) is 1.32. The first-order chi connectivity index (χ1) is 3.27. The molecule has 1 aliphatic carbocycles. The molecule has 0 N–H and O–H groups in total. The molecule has 1 nitrogen and oxygen atoms in total. The fourth-order valence-electron chi connectivity index (χ4n) is 0.564. The summed E-state index contributed by atoms with van der Waals surface area (Å²) in [6, 6.07) is 0. The monoisotopic (exact) mass is 97.1 g/mol. The van der Waals surface area contributed by atoms with Gasteiger partial charge in [-0.15, -0.1) is 0 Å². The lowest BCUT2D eigenvalue weighted by molar-refractivity contribution is 0.517. The average molecular weight is 97.1 g/mol. The first-order valence-electron chi connectivity index (χ1n) is 2.62. The minimum Gasteiger partial charge on any atom is -0.291 e. The molecule has 0 aliphatic heterocycles. The first-order valence-corrected chi connectivity index (χ1v) is 2.62. The van der Waals surface area contributed by atoms with Gasteiger partial charge in [-0.1, -0.05) is 6.92 Å². The SMILES string of the molecule is CC1(C[C]=O)CC1. The van der Waals surface area contributed by atoms with Crippen molar-refractivity contribution >= 4 is 6.29 Å². The van der Waals surface area contributed by atoms with Gasteiger partial charge in [-0.25, -0.2) is 0 Å². The van der Waals surface area contributed by atoms with Crippen LogP contribution >= 0.6 is 0 Å². The highest BCUT2D eigenvalue weighted by Crippen LogP contribution is 2.47. The minimum atomic E-state index is 0.377. The lowest BCUT2D eigenvalue weighted by Gasteiger charge is -1.95. The largest absolute Gasteiger partial charge is 0.291 e. The number of hydrogen-bond acceptors (Lipinski definition) is 1. The second-order valence-corrected chi connectivity index (χ2v) is 2.63. The van der Waals surface area contributed by atoms with Gasteiger partial charge in [0.15, 0.2) is 6.29 Å². The fraction of sp³-hybridized carbons (Fsp3) is 0.833. The highest BCUT2D eigenvalue weighted by molar-refractivity contribution is 5.52. The van der Waals surface area contributed by atoms with E-state index in [-0.39, 0.29) is 0 Å². The molecule has 39 valence electrons. The summed E-state index contributed by atoms with van der Waals surface area (Å²) in [4.78, 5) is 9.74. The molecule has 0 aromatic carbocycles. The quantitative estimate of drug-likeness (QED) is 0.507. The molecule has 1 aliphatic rings. The number of carbonyl (C=O) groups excluding carboxylic acids is 1. The van der Waals surface area contributed by atoms with Gasteiger partial charge >= 0.3 is 0 Å². The van der Waals surface area contributed by atoms with Crippen LogP contribution < -0.4 is 0 Å². The van der Waals surface area contributed by atoms with Gasteiger partial charge < -0.3 is 0 Å². The molecule has 0 atom stereocenters. The smallest absolute Gasteiger partial charge is 0.198 e. The Balaban J connectivity index is 2.25. The van der Waals surface area contributed by atoms with E-state index >= 15 is 0 Å². The van der Waals surface area contributed by atoms with Crippen molar-refractivity contribution in [3.8, 4) is 0 Å². The predicted molar refractivity (Wildman–Crippen MR) is 27.7 cm³/mol. The fourth-order valence-corrected chi connectivity index (χ4v) is 0.564. The van der Waals surface area contributed by atoms with Crippen molar-refractivity contribution in [2.24, 2.45) is 5.41 Å². The highest BCUT2D eigenvalue weighted by atomic mass is 16.1. The van der Waals surface area contributed by atoms with Crippen molar-refractivity contribution in [1.29, 1.82) is 0 Å². The summed E-state index contributed by atoms with van der Waals surface area (Å²) >= 11 is 0. The third-order valence-electron chi connectivity index (χ3n) is 1.60. The predicted octanol–water partition coefficient (Wildman–Crippen LogP) is 1.29. The molecule has 1 fully saturated rings. The van der Waals surface area contributed by atoms with Gasteiger partial charge in [0.05, 0.1) is 0 Å². The Morgan fingerprint density at radius 2 is 2.29 bits per heavy atom. The maximum absolute atomic E-state index is 9.74. The molecule has 0 unspecified atom stereocenters. The third-order valence-corrected chi connectivity index (χ3v) is 1.60. The van der Waals surface area contributed by atoms with Crippen molar-refractivity contribution in [2.45, 2.75) is 26.2 Å². The lowest BCUT2D eigenvalue weighted by Crippen LogP contribution is -1.91. The van der Waals surface area contributed by atoms with Crippen molar-refractivity contribution in [3.63, 3.8) is 0 Å². The molecule has 1 saturated carbocycles. The molecule has 1 rings (SSSR count). The van der Waals surface area contributed by atoms with E-state index in [4.69, 9.17) is 0 Å². The molecule has 0 spiro atoms. The summed E-state index contributed by atoms with van der Waals surface area (Å²) in [6.45, 7) is 2.12. The highest BCUT2D eigenvalue weighted by Gasteiger charge is 2.36. The van der Waals surface area contributed by atoms with Crippen LogP contribution in [0.1, 0.15) is 26.2 Å². The van der Waals surface area contributed by atoms with E-state index in [0.29, 0.717) is 11.8 Å². The summed E-state index contributed by atoms with van der Waals surface area (Å²) in [5.41, 5.74) is 0.377. The van der Waals surface area contributed by atoms with Gasteiger partial charge in [-0.05, 0) is 18.3 Å². The standard InChI is InChI=1S/C6H9O/c1-6(2-3-6)4-5-7/h2-4H2,1H3. The number of rotatable bonds is 2. The first kappa shape index (κ1) is 4.82. The second-order valence-electron chi connectivity index (χ2n) is 2.63. The molecule has 7 heavy (non-hydrogen) atoms. The third kappa shape index (κ3) is 1.02. The Labute approximate surface area is 43.7 Å². The van der Waals surface area contributed by atoms with E-state index in [1.807, 2.05) is 6.29 Å². The molecule has 0 aromatic heterocycles. The zero-order valence-corrected chi connectivity index (χ0v) is 4.53. The molecule has 0 heterocycles. The normalized spacial score (nSPS) is 24.1. The molecular formula is C6H9O. The Hall–Kier alpha value is -0.330. The topological polar surface area (TPSA) is 17.1 Å². The van der Waals surface area contributed by atoms with Crippen LogP contribution in [-0.4, -0.2) is 6.29 Å². The Morgan fingerprint density at radius 3 is 2.43 bits per heavy atom. The Bertz CT molecular complexity index is 82.2. The summed E-state index contributed by atoms with van der Waals surface area (Å²) in [5, 5.41) is 0. The van der Waals surface area contributed by atoms with Gasteiger partial charge in [0.1, 0.15) is 0 Å². The summed E-state index contributed by atoms with van der Waals surface area (Å²) in [7, 11) is 0. The van der Waals surface area contributed by atoms with Gasteiger partial charge in [0, 0.05) is 6.42 Å². The average Bonchev–Trinajstić information content (AvgIpc) is 2.22. The van der Waals surface area contributed by atoms with E-state index in [2.05, 4.69) is 6.92 Å². The van der Waals surface area contributed by atoms with E-state index in [0.717, 1.165) is 0 Å². The van der Waals surface area contributed by atoms with Crippen LogP contribution in [0.25, 0.3) is 0 Å². The van der Waals surface area contributed by atoms with Crippen LogP contribution in [0.2, 0.25) is 0 Å². The maximum Gasteiger partial charge on any atom is 0.198 e. The molecule has 0 amide bonds. The van der Waals surface area contributed by atoms with Crippen molar-refractivity contribution in [3.05, 3.63) is 0 Å². The van der Waals surface area contributed by atoms with Gasteiger partial charge in [0.2, 0.25) is 0 Å². The lowest BCUT2D eigenvalue weighted by atomic mass is 10.1. The van der Waals surface area contributed by atoms with Crippen LogP contribution in [0.15, 0.2) is 0 Å². The van der Waals surface area contributed by atoms with E-state index in [9.17, 15) is 4.79 Å². The van der Waals surface area contributed by atoms with Crippen LogP contribution in [0.4, 0.5) is 0 Å². The van der Waals surface area contributed by atoms with E-state index in [1.165, 1.54) is 12.8 Å². The number of hydrogen-bond donors (Lipinski definition) is 0. The van der Waals surface area contributed by atoms with Crippen LogP contribution in [0.3, 0.4) is 0 Å². The zero-order chi connectivity index (χ0) is 5.33. The molecule has 0 bridgehead atoms. The summed E-state index contributed by atoms with van der Waals surface area (Å²) in [5.74, 6) is 0. The Morgan fingerprint density at radius 1 is 1.71 bits per heavy atom.